The van der Waals surface area contributed by atoms with Gasteiger partial charge >= 0.3 is 0 Å². The first-order valence-electron chi connectivity index (χ1n) is 4.80. The number of benzene rings is 1. The molecule has 1 saturated carbocycles. The Hall–Kier alpha value is -1.09. The summed E-state index contributed by atoms with van der Waals surface area (Å²) in [6, 6.07) is 4.68. The number of nitrogens with one attached hydrogen (secondary N) is 1. The number of hydrogen-bond acceptors (Lipinski definition) is 1. The molecule has 2 atom stereocenters. The van der Waals surface area contributed by atoms with E-state index in [-0.39, 0.29) is 23.7 Å². The van der Waals surface area contributed by atoms with Gasteiger partial charge in [-0.2, -0.15) is 0 Å². The summed E-state index contributed by atoms with van der Waals surface area (Å²) in [7, 11) is 0. The summed E-state index contributed by atoms with van der Waals surface area (Å²) in [6.07, 6.45) is 0.764. The Kier molecular flexibility index (Phi) is 2.65. The maximum atomic E-state index is 13.5. The van der Waals surface area contributed by atoms with Crippen molar-refractivity contribution in [2.45, 2.75) is 25.3 Å². The van der Waals surface area contributed by atoms with Crippen LogP contribution in [-0.4, -0.2) is 11.9 Å². The molecule has 0 radical (unpaired) electrons. The molecule has 0 spiro atoms. The number of rotatable bonds is 2. The molecule has 0 heterocycles. The minimum Gasteiger partial charge on any atom is -0.353 e. The van der Waals surface area contributed by atoms with Gasteiger partial charge in [-0.1, -0.05) is 17.7 Å². The molecule has 1 aromatic rings. The standard InChI is InChI=1S/C11H11ClFNO/c1-6(15)14-10-5-7(10)11-8(12)3-2-4-9(11)13/h2-4,7,10H,5H2,1H3,(H,14,15)/t7-,10-/m1/s1. The summed E-state index contributed by atoms with van der Waals surface area (Å²) in [5.41, 5.74) is 0.526. The lowest BCUT2D eigenvalue weighted by Crippen LogP contribution is -2.23. The van der Waals surface area contributed by atoms with Gasteiger partial charge in [0, 0.05) is 29.5 Å². The van der Waals surface area contributed by atoms with E-state index >= 15 is 0 Å². The molecule has 0 aromatic heterocycles. The largest absolute Gasteiger partial charge is 0.353 e. The monoisotopic (exact) mass is 227 g/mol. The van der Waals surface area contributed by atoms with Gasteiger partial charge in [0.15, 0.2) is 0 Å². The van der Waals surface area contributed by atoms with Crippen molar-refractivity contribution in [3.05, 3.63) is 34.6 Å². The molecule has 1 aliphatic rings. The normalized spacial score (nSPS) is 23.7. The molecule has 2 rings (SSSR count). The molecule has 1 N–H and O–H groups in total. The van der Waals surface area contributed by atoms with Crippen molar-refractivity contribution in [2.75, 3.05) is 0 Å². The molecule has 0 saturated heterocycles. The van der Waals surface area contributed by atoms with Crippen LogP contribution in [0.1, 0.15) is 24.8 Å². The molecule has 15 heavy (non-hydrogen) atoms. The molecule has 1 amide bonds. The summed E-state index contributed by atoms with van der Waals surface area (Å²) in [5, 5.41) is 3.19. The second-order valence-corrected chi connectivity index (χ2v) is 4.19. The SMILES string of the molecule is CC(=O)N[C@@H]1C[C@H]1c1c(F)cccc1Cl. The Morgan fingerprint density at radius 3 is 2.93 bits per heavy atom. The molecular weight excluding hydrogens is 217 g/mol. The molecule has 1 aromatic carbocycles. The predicted octanol–water partition coefficient (Wildman–Crippen LogP) is 2.47. The van der Waals surface area contributed by atoms with E-state index in [9.17, 15) is 9.18 Å². The third-order valence-corrected chi connectivity index (χ3v) is 2.88. The maximum Gasteiger partial charge on any atom is 0.217 e. The summed E-state index contributed by atoms with van der Waals surface area (Å²) in [5.74, 6) is -0.349. The van der Waals surface area contributed by atoms with Crippen molar-refractivity contribution in [1.82, 2.24) is 5.32 Å². The van der Waals surface area contributed by atoms with Crippen LogP contribution in [0.4, 0.5) is 4.39 Å². The first-order chi connectivity index (χ1) is 7.09. The van der Waals surface area contributed by atoms with Crippen LogP contribution < -0.4 is 5.32 Å². The maximum absolute atomic E-state index is 13.5. The number of carbonyl (C=O) groups excluding carboxylic acids is 1. The zero-order valence-electron chi connectivity index (χ0n) is 8.26. The van der Waals surface area contributed by atoms with Crippen LogP contribution in [0.25, 0.3) is 0 Å². The van der Waals surface area contributed by atoms with E-state index in [2.05, 4.69) is 5.32 Å². The first-order valence-corrected chi connectivity index (χ1v) is 5.18. The van der Waals surface area contributed by atoms with Crippen LogP contribution in [-0.2, 0) is 4.79 Å². The van der Waals surface area contributed by atoms with Gasteiger partial charge in [-0.15, -0.1) is 0 Å². The smallest absolute Gasteiger partial charge is 0.217 e. The third kappa shape index (κ3) is 2.12. The van der Waals surface area contributed by atoms with Crippen molar-refractivity contribution < 1.29 is 9.18 Å². The highest BCUT2D eigenvalue weighted by molar-refractivity contribution is 6.31. The quantitative estimate of drug-likeness (QED) is 0.826. The fourth-order valence-electron chi connectivity index (χ4n) is 1.80. The fourth-order valence-corrected chi connectivity index (χ4v) is 2.10. The first kappa shape index (κ1) is 10.4. The van der Waals surface area contributed by atoms with Crippen molar-refractivity contribution in [2.24, 2.45) is 0 Å². The van der Waals surface area contributed by atoms with Crippen LogP contribution in [0.5, 0.6) is 0 Å². The van der Waals surface area contributed by atoms with E-state index < -0.39 is 0 Å². The van der Waals surface area contributed by atoms with Gasteiger partial charge in [-0.05, 0) is 18.6 Å². The Balaban J connectivity index is 2.16. The van der Waals surface area contributed by atoms with Gasteiger partial charge in [0.1, 0.15) is 5.82 Å². The summed E-state index contributed by atoms with van der Waals surface area (Å²) in [4.78, 5) is 10.8. The Morgan fingerprint density at radius 1 is 1.60 bits per heavy atom. The molecule has 0 bridgehead atoms. The highest BCUT2D eigenvalue weighted by atomic mass is 35.5. The second kappa shape index (κ2) is 3.81. The minimum atomic E-state index is -0.291. The van der Waals surface area contributed by atoms with Gasteiger partial charge in [-0.25, -0.2) is 4.39 Å². The zero-order valence-corrected chi connectivity index (χ0v) is 9.01. The molecular formula is C11H11ClFNO. The second-order valence-electron chi connectivity index (χ2n) is 3.78. The number of amides is 1. The van der Waals surface area contributed by atoms with Gasteiger partial charge < -0.3 is 5.32 Å². The summed E-state index contributed by atoms with van der Waals surface area (Å²) in [6.45, 7) is 1.46. The molecule has 2 nitrogen and oxygen atoms in total. The molecule has 0 aliphatic heterocycles. The van der Waals surface area contributed by atoms with E-state index in [1.165, 1.54) is 13.0 Å². The molecule has 1 aliphatic carbocycles. The number of carbonyl (C=O) groups is 1. The van der Waals surface area contributed by atoms with Crippen molar-refractivity contribution in [3.8, 4) is 0 Å². The van der Waals surface area contributed by atoms with E-state index in [0.29, 0.717) is 10.6 Å². The van der Waals surface area contributed by atoms with Crippen molar-refractivity contribution in [3.63, 3.8) is 0 Å². The van der Waals surface area contributed by atoms with Gasteiger partial charge in [0.05, 0.1) is 0 Å². The predicted molar refractivity (Wildman–Crippen MR) is 56.4 cm³/mol. The van der Waals surface area contributed by atoms with Gasteiger partial charge in [0.2, 0.25) is 5.91 Å². The molecule has 4 heteroatoms. The summed E-state index contributed by atoms with van der Waals surface area (Å²) >= 11 is 5.91. The Morgan fingerprint density at radius 2 is 2.33 bits per heavy atom. The van der Waals surface area contributed by atoms with E-state index in [0.717, 1.165) is 6.42 Å². The van der Waals surface area contributed by atoms with Gasteiger partial charge in [-0.3, -0.25) is 4.79 Å². The van der Waals surface area contributed by atoms with Crippen LogP contribution in [0.3, 0.4) is 0 Å². The average molecular weight is 228 g/mol. The Labute approximate surface area is 92.4 Å². The van der Waals surface area contributed by atoms with E-state index in [1.54, 1.807) is 12.1 Å². The van der Waals surface area contributed by atoms with Crippen molar-refractivity contribution >= 4 is 17.5 Å². The average Bonchev–Trinajstić information content (AvgIpc) is 2.82. The lowest BCUT2D eigenvalue weighted by molar-refractivity contribution is -0.119. The number of halogens is 2. The Bertz CT molecular complexity index is 387. The summed E-state index contributed by atoms with van der Waals surface area (Å²) < 4.78 is 13.5. The van der Waals surface area contributed by atoms with Crippen LogP contribution >= 0.6 is 11.6 Å². The molecule has 80 valence electrons. The highest BCUT2D eigenvalue weighted by Gasteiger charge is 2.41. The minimum absolute atomic E-state index is 0.0302. The van der Waals surface area contributed by atoms with Crippen LogP contribution in [0.2, 0.25) is 5.02 Å². The molecule has 1 fully saturated rings. The lowest BCUT2D eigenvalue weighted by atomic mass is 10.1. The molecule has 0 unspecified atom stereocenters. The van der Waals surface area contributed by atoms with Crippen LogP contribution in [0.15, 0.2) is 18.2 Å². The third-order valence-electron chi connectivity index (χ3n) is 2.55. The zero-order chi connectivity index (χ0) is 11.0. The highest BCUT2D eigenvalue weighted by Crippen LogP contribution is 2.44. The van der Waals surface area contributed by atoms with E-state index in [4.69, 9.17) is 11.6 Å². The number of hydrogen-bond donors (Lipinski definition) is 1. The lowest BCUT2D eigenvalue weighted by Gasteiger charge is -2.05. The topological polar surface area (TPSA) is 29.1 Å². The van der Waals surface area contributed by atoms with Gasteiger partial charge in [0.25, 0.3) is 0 Å². The van der Waals surface area contributed by atoms with Crippen molar-refractivity contribution in [1.29, 1.82) is 0 Å². The van der Waals surface area contributed by atoms with E-state index in [1.807, 2.05) is 0 Å². The van der Waals surface area contributed by atoms with Crippen LogP contribution in [0, 0.1) is 5.82 Å². The fraction of sp³-hybridized carbons (Fsp3) is 0.364.